The minimum Gasteiger partial charge on any atom is -0.380 e. The molecule has 2 aromatic rings. The molecule has 1 aromatic carbocycles. The van der Waals surface area contributed by atoms with Gasteiger partial charge in [0.25, 0.3) is 0 Å². The fourth-order valence-corrected chi connectivity index (χ4v) is 2.57. The van der Waals surface area contributed by atoms with Crippen LogP contribution in [0.2, 0.25) is 0 Å². The number of anilines is 2. The Morgan fingerprint density at radius 1 is 1.46 bits per heavy atom. The quantitative estimate of drug-likeness (QED) is 0.722. The molecule has 0 radical (unpaired) electrons. The zero-order valence-corrected chi connectivity index (χ0v) is 13.2. The molecule has 1 amide bonds. The van der Waals surface area contributed by atoms with Gasteiger partial charge in [0.2, 0.25) is 5.91 Å². The highest BCUT2D eigenvalue weighted by molar-refractivity contribution is 5.91. The number of carbonyl (C=O) groups is 1. The number of ether oxygens (including phenoxy) is 1. The Bertz CT molecular complexity index is 671. The van der Waals surface area contributed by atoms with Gasteiger partial charge < -0.3 is 15.4 Å². The molecule has 1 aliphatic rings. The summed E-state index contributed by atoms with van der Waals surface area (Å²) in [5, 5.41) is 12.1. The van der Waals surface area contributed by atoms with Crippen LogP contribution in [0.1, 0.15) is 25.1 Å². The number of rotatable bonds is 7. The minimum atomic E-state index is -0.402. The van der Waals surface area contributed by atoms with Crippen molar-refractivity contribution in [2.24, 2.45) is 0 Å². The third-order valence-electron chi connectivity index (χ3n) is 3.85. The molecule has 3 N–H and O–H groups in total. The molecule has 8 heteroatoms. The van der Waals surface area contributed by atoms with Gasteiger partial charge in [-0.2, -0.15) is 5.10 Å². The van der Waals surface area contributed by atoms with Crippen molar-refractivity contribution in [1.82, 2.24) is 15.2 Å². The maximum absolute atomic E-state index is 14.1. The largest absolute Gasteiger partial charge is 0.380 e. The lowest BCUT2D eigenvalue weighted by molar-refractivity contribution is -0.116. The highest BCUT2D eigenvalue weighted by Gasteiger charge is 2.15. The van der Waals surface area contributed by atoms with Gasteiger partial charge in [-0.25, -0.2) is 9.37 Å². The Balaban J connectivity index is 1.48. The van der Waals surface area contributed by atoms with Crippen LogP contribution in [0.3, 0.4) is 0 Å². The van der Waals surface area contributed by atoms with E-state index in [0.717, 1.165) is 19.4 Å². The Hall–Kier alpha value is -2.48. The molecule has 1 saturated heterocycles. The molecule has 128 valence electrons. The molecular weight excluding hydrogens is 313 g/mol. The highest BCUT2D eigenvalue weighted by Crippen LogP contribution is 2.20. The van der Waals surface area contributed by atoms with Crippen molar-refractivity contribution in [3.63, 3.8) is 0 Å². The van der Waals surface area contributed by atoms with E-state index in [1.807, 2.05) is 0 Å². The van der Waals surface area contributed by atoms with Gasteiger partial charge in [0.15, 0.2) is 0 Å². The van der Waals surface area contributed by atoms with Crippen LogP contribution in [0.15, 0.2) is 24.5 Å². The first kappa shape index (κ1) is 16.4. The van der Waals surface area contributed by atoms with Crippen molar-refractivity contribution in [2.45, 2.75) is 31.8 Å². The molecule has 1 aliphatic heterocycles. The van der Waals surface area contributed by atoms with Crippen molar-refractivity contribution in [3.8, 4) is 0 Å². The molecule has 2 heterocycles. The molecule has 0 bridgehead atoms. The van der Waals surface area contributed by atoms with Gasteiger partial charge in [-0.3, -0.25) is 9.89 Å². The van der Waals surface area contributed by atoms with Crippen LogP contribution in [0, 0.1) is 5.82 Å². The zero-order chi connectivity index (χ0) is 16.8. The molecule has 0 spiro atoms. The summed E-state index contributed by atoms with van der Waals surface area (Å²) >= 11 is 0. The van der Waals surface area contributed by atoms with Gasteiger partial charge in [0.05, 0.1) is 11.8 Å². The van der Waals surface area contributed by atoms with E-state index in [-0.39, 0.29) is 18.4 Å². The number of halogens is 1. The Kier molecular flexibility index (Phi) is 5.37. The molecule has 1 fully saturated rings. The number of hydrogen-bond donors (Lipinski definition) is 3. The van der Waals surface area contributed by atoms with Crippen LogP contribution >= 0.6 is 0 Å². The SMILES string of the molecule is O=C(CCc1ncn[nH]1)Nc1ccc(NCC2CCCO2)c(F)c1. The normalized spacial score (nSPS) is 17.0. The average molecular weight is 333 g/mol. The van der Waals surface area contributed by atoms with Gasteiger partial charge >= 0.3 is 0 Å². The number of aromatic amines is 1. The van der Waals surface area contributed by atoms with Crippen LogP contribution in [0.4, 0.5) is 15.8 Å². The molecule has 24 heavy (non-hydrogen) atoms. The molecule has 1 aromatic heterocycles. The van der Waals surface area contributed by atoms with E-state index in [2.05, 4.69) is 25.8 Å². The summed E-state index contributed by atoms with van der Waals surface area (Å²) in [4.78, 5) is 15.8. The second-order valence-corrected chi connectivity index (χ2v) is 5.69. The molecule has 0 aliphatic carbocycles. The zero-order valence-electron chi connectivity index (χ0n) is 13.2. The predicted octanol–water partition coefficient (Wildman–Crippen LogP) is 2.11. The van der Waals surface area contributed by atoms with E-state index in [9.17, 15) is 9.18 Å². The Labute approximate surface area is 139 Å². The molecule has 1 atom stereocenters. The van der Waals surface area contributed by atoms with Gasteiger partial charge in [-0.15, -0.1) is 0 Å². The third kappa shape index (κ3) is 4.51. The number of amides is 1. The fraction of sp³-hybridized carbons (Fsp3) is 0.438. The lowest BCUT2D eigenvalue weighted by Crippen LogP contribution is -2.19. The number of hydrogen-bond acceptors (Lipinski definition) is 5. The number of carbonyl (C=O) groups excluding carboxylic acids is 1. The highest BCUT2D eigenvalue weighted by atomic mass is 19.1. The second kappa shape index (κ2) is 7.87. The van der Waals surface area contributed by atoms with Crippen LogP contribution in [-0.2, 0) is 16.0 Å². The van der Waals surface area contributed by atoms with Crippen molar-refractivity contribution in [1.29, 1.82) is 0 Å². The molecule has 1 unspecified atom stereocenters. The van der Waals surface area contributed by atoms with Crippen LogP contribution in [-0.4, -0.2) is 40.3 Å². The van der Waals surface area contributed by atoms with Gasteiger partial charge in [-0.05, 0) is 31.0 Å². The maximum atomic E-state index is 14.1. The van der Waals surface area contributed by atoms with Crippen LogP contribution < -0.4 is 10.6 Å². The predicted molar refractivity (Wildman–Crippen MR) is 87.2 cm³/mol. The lowest BCUT2D eigenvalue weighted by atomic mass is 10.2. The smallest absolute Gasteiger partial charge is 0.224 e. The van der Waals surface area contributed by atoms with Crippen molar-refractivity contribution < 1.29 is 13.9 Å². The summed E-state index contributed by atoms with van der Waals surface area (Å²) in [6, 6.07) is 4.60. The molecular formula is C16H20FN5O2. The summed E-state index contributed by atoms with van der Waals surface area (Å²) in [7, 11) is 0. The minimum absolute atomic E-state index is 0.139. The Morgan fingerprint density at radius 2 is 2.38 bits per heavy atom. The van der Waals surface area contributed by atoms with Gasteiger partial charge in [-0.1, -0.05) is 0 Å². The second-order valence-electron chi connectivity index (χ2n) is 5.69. The topological polar surface area (TPSA) is 91.9 Å². The molecule has 3 rings (SSSR count). The Morgan fingerprint density at radius 3 is 3.08 bits per heavy atom. The standard InChI is InChI=1S/C16H20FN5O2/c17-13-8-11(21-16(23)6-5-15-19-10-20-22-15)3-4-14(13)18-9-12-2-1-7-24-12/h3-4,8,10,12,18H,1-2,5-7,9H2,(H,21,23)(H,19,20,22). The lowest BCUT2D eigenvalue weighted by Gasteiger charge is -2.13. The van der Waals surface area contributed by atoms with E-state index in [4.69, 9.17) is 4.74 Å². The first-order chi connectivity index (χ1) is 11.7. The number of nitrogens with one attached hydrogen (secondary N) is 3. The van der Waals surface area contributed by atoms with E-state index >= 15 is 0 Å². The third-order valence-corrected chi connectivity index (χ3v) is 3.85. The number of aryl methyl sites for hydroxylation is 1. The maximum Gasteiger partial charge on any atom is 0.224 e. The van der Waals surface area contributed by atoms with Crippen LogP contribution in [0.25, 0.3) is 0 Å². The van der Waals surface area contributed by atoms with Crippen LogP contribution in [0.5, 0.6) is 0 Å². The van der Waals surface area contributed by atoms with Crippen molar-refractivity contribution in [3.05, 3.63) is 36.2 Å². The first-order valence-electron chi connectivity index (χ1n) is 8.00. The number of nitrogens with zero attached hydrogens (tertiary/aromatic N) is 2. The number of benzene rings is 1. The monoisotopic (exact) mass is 333 g/mol. The fourth-order valence-electron chi connectivity index (χ4n) is 2.57. The van der Waals surface area contributed by atoms with Gasteiger partial charge in [0, 0.05) is 31.7 Å². The van der Waals surface area contributed by atoms with E-state index < -0.39 is 5.82 Å². The summed E-state index contributed by atoms with van der Waals surface area (Å²) in [6.07, 6.45) is 4.28. The van der Waals surface area contributed by atoms with Gasteiger partial charge in [0.1, 0.15) is 18.0 Å². The summed E-state index contributed by atoms with van der Waals surface area (Å²) < 4.78 is 19.6. The first-order valence-corrected chi connectivity index (χ1v) is 8.00. The van der Waals surface area contributed by atoms with E-state index in [1.54, 1.807) is 12.1 Å². The number of aromatic nitrogens is 3. The summed E-state index contributed by atoms with van der Waals surface area (Å²) in [6.45, 7) is 1.35. The molecule has 7 nitrogen and oxygen atoms in total. The average Bonchev–Trinajstić information content (AvgIpc) is 3.26. The summed E-state index contributed by atoms with van der Waals surface area (Å²) in [5.41, 5.74) is 0.836. The van der Waals surface area contributed by atoms with Crippen molar-refractivity contribution >= 4 is 17.3 Å². The summed E-state index contributed by atoms with van der Waals surface area (Å²) in [5.74, 6) is 0.0388. The van der Waals surface area contributed by atoms with E-state index in [1.165, 1.54) is 12.4 Å². The van der Waals surface area contributed by atoms with E-state index in [0.29, 0.717) is 30.2 Å². The van der Waals surface area contributed by atoms with Crippen molar-refractivity contribution in [2.75, 3.05) is 23.8 Å². The molecule has 0 saturated carbocycles. The number of H-pyrrole nitrogens is 1.